The van der Waals surface area contributed by atoms with E-state index >= 15 is 0 Å². The number of aliphatic imine (C=N–C) groups is 1. The van der Waals surface area contributed by atoms with Gasteiger partial charge in [-0.1, -0.05) is 0 Å². The van der Waals surface area contributed by atoms with Crippen LogP contribution in [-0.2, 0) is 23.7 Å². The molecule has 1 aliphatic heterocycles. The van der Waals surface area contributed by atoms with Gasteiger partial charge in [-0.25, -0.2) is 4.79 Å². The van der Waals surface area contributed by atoms with Gasteiger partial charge in [0.1, 0.15) is 23.1 Å². The summed E-state index contributed by atoms with van der Waals surface area (Å²) in [5.41, 5.74) is -0.432. The Kier molecular flexibility index (Phi) is 9.90. The van der Waals surface area contributed by atoms with E-state index in [9.17, 15) is 9.90 Å². The second kappa shape index (κ2) is 12.1. The first-order valence-electron chi connectivity index (χ1n) is 9.90. The van der Waals surface area contributed by atoms with Crippen LogP contribution in [0.5, 0.6) is 11.5 Å². The van der Waals surface area contributed by atoms with E-state index in [0.29, 0.717) is 61.8 Å². The van der Waals surface area contributed by atoms with Crippen LogP contribution in [0.3, 0.4) is 0 Å². The number of aromatic hydroxyl groups is 1. The maximum atomic E-state index is 12.3. The zero-order chi connectivity index (χ0) is 22.0. The molecule has 0 aliphatic carbocycles. The van der Waals surface area contributed by atoms with Crippen molar-refractivity contribution in [1.29, 1.82) is 0 Å². The van der Waals surface area contributed by atoms with Gasteiger partial charge in [0.15, 0.2) is 5.54 Å². The van der Waals surface area contributed by atoms with Crippen molar-refractivity contribution in [3.05, 3.63) is 23.8 Å². The molecule has 8 nitrogen and oxygen atoms in total. The molecule has 1 aliphatic rings. The van der Waals surface area contributed by atoms with Crippen molar-refractivity contribution in [3.8, 4) is 11.5 Å². The van der Waals surface area contributed by atoms with Crippen LogP contribution in [0.15, 0.2) is 23.2 Å². The second-order valence-corrected chi connectivity index (χ2v) is 8.14. The third-order valence-electron chi connectivity index (χ3n) is 4.12. The number of ether oxygens (including phenoxy) is 5. The predicted octanol–water partition coefficient (Wildman–Crippen LogP) is 2.65. The van der Waals surface area contributed by atoms with Crippen molar-refractivity contribution in [2.45, 2.75) is 32.4 Å². The summed E-state index contributed by atoms with van der Waals surface area (Å²) in [5.74, 6) is 0.762. The summed E-state index contributed by atoms with van der Waals surface area (Å²) in [6, 6.07) is 4.95. The van der Waals surface area contributed by atoms with Crippen LogP contribution in [0.25, 0.3) is 0 Å². The number of carbonyl (C=O) groups excluding carboxylic acids is 1. The normalized spacial score (nSPS) is 18.5. The first kappa shape index (κ1) is 24.5. The van der Waals surface area contributed by atoms with E-state index in [0.717, 1.165) is 0 Å². The number of esters is 1. The molecule has 1 aromatic carbocycles. The standard InChI is InChI=1S/C21H31NO7S/c1-15(2)29-20(24)21(3)14-30-19(22-21)17-13-16(5-6-18(17)23)28-12-11-27-10-9-26-8-7-25-4/h5-6,13,15,23H,7-12,14H2,1-4H3. The number of phenols is 1. The molecule has 1 aromatic rings. The lowest BCUT2D eigenvalue weighted by atomic mass is 10.1. The molecule has 1 heterocycles. The Morgan fingerprint density at radius 3 is 2.50 bits per heavy atom. The second-order valence-electron chi connectivity index (χ2n) is 7.18. The van der Waals surface area contributed by atoms with Gasteiger partial charge in [0, 0.05) is 12.9 Å². The van der Waals surface area contributed by atoms with Crippen LogP contribution in [-0.4, -0.2) is 80.3 Å². The molecule has 9 heteroatoms. The molecular formula is C21H31NO7S. The van der Waals surface area contributed by atoms with E-state index in [1.807, 2.05) is 0 Å². The largest absolute Gasteiger partial charge is 0.507 e. The highest BCUT2D eigenvalue weighted by Gasteiger charge is 2.41. The maximum absolute atomic E-state index is 12.3. The van der Waals surface area contributed by atoms with Crippen LogP contribution >= 0.6 is 11.8 Å². The number of carbonyl (C=O) groups is 1. The fourth-order valence-electron chi connectivity index (χ4n) is 2.54. The summed E-state index contributed by atoms with van der Waals surface area (Å²) in [6.45, 7) is 8.22. The first-order valence-corrected chi connectivity index (χ1v) is 10.9. The van der Waals surface area contributed by atoms with Crippen molar-refractivity contribution in [1.82, 2.24) is 0 Å². The maximum Gasteiger partial charge on any atom is 0.334 e. The summed E-state index contributed by atoms with van der Waals surface area (Å²) in [6.07, 6.45) is -0.206. The SMILES string of the molecule is COCCOCCOCCOc1ccc(O)c(C2=NC(C)(C(=O)OC(C)C)CS2)c1. The van der Waals surface area contributed by atoms with Crippen LogP contribution in [0.2, 0.25) is 0 Å². The van der Waals surface area contributed by atoms with Crippen molar-refractivity contribution in [2.24, 2.45) is 4.99 Å². The summed E-state index contributed by atoms with van der Waals surface area (Å²) >= 11 is 1.41. The Morgan fingerprint density at radius 2 is 1.83 bits per heavy atom. The number of methoxy groups -OCH3 is 1. The Bertz CT molecular complexity index is 725. The quantitative estimate of drug-likeness (QED) is 0.369. The summed E-state index contributed by atoms with van der Waals surface area (Å²) in [5, 5.41) is 10.9. The van der Waals surface area contributed by atoms with Gasteiger partial charge < -0.3 is 28.8 Å². The number of rotatable bonds is 13. The molecular weight excluding hydrogens is 410 g/mol. The molecule has 2 rings (SSSR count). The Balaban J connectivity index is 1.87. The van der Waals surface area contributed by atoms with Crippen molar-refractivity contribution < 1.29 is 33.6 Å². The lowest BCUT2D eigenvalue weighted by Crippen LogP contribution is -2.37. The van der Waals surface area contributed by atoms with Gasteiger partial charge in [0.05, 0.1) is 44.7 Å². The van der Waals surface area contributed by atoms with Gasteiger partial charge >= 0.3 is 5.97 Å². The lowest BCUT2D eigenvalue weighted by molar-refractivity contribution is -0.152. The highest BCUT2D eigenvalue weighted by atomic mass is 32.2. The monoisotopic (exact) mass is 441 g/mol. The number of nitrogens with zero attached hydrogens (tertiary/aromatic N) is 1. The van der Waals surface area contributed by atoms with E-state index in [4.69, 9.17) is 23.7 Å². The average molecular weight is 442 g/mol. The molecule has 0 saturated heterocycles. The Hall–Kier alpha value is -1.81. The van der Waals surface area contributed by atoms with E-state index in [-0.39, 0.29) is 17.8 Å². The van der Waals surface area contributed by atoms with Gasteiger partial charge in [-0.3, -0.25) is 4.99 Å². The van der Waals surface area contributed by atoms with Crippen molar-refractivity contribution in [3.63, 3.8) is 0 Å². The predicted molar refractivity (Wildman–Crippen MR) is 116 cm³/mol. The highest BCUT2D eigenvalue weighted by molar-refractivity contribution is 8.14. The number of phenolic OH excluding ortho intramolecular Hbond substituents is 1. The molecule has 0 spiro atoms. The number of benzene rings is 1. The Labute approximate surface area is 181 Å². The number of thioether (sulfide) groups is 1. The van der Waals surface area contributed by atoms with Gasteiger partial charge in [0.25, 0.3) is 0 Å². The van der Waals surface area contributed by atoms with Crippen LogP contribution in [0.1, 0.15) is 26.3 Å². The molecule has 0 bridgehead atoms. The fraction of sp³-hybridized carbons (Fsp3) is 0.619. The molecule has 1 N–H and O–H groups in total. The van der Waals surface area contributed by atoms with E-state index < -0.39 is 5.54 Å². The van der Waals surface area contributed by atoms with Gasteiger partial charge in [-0.05, 0) is 39.0 Å². The zero-order valence-corrected chi connectivity index (χ0v) is 18.8. The van der Waals surface area contributed by atoms with E-state index in [1.54, 1.807) is 46.1 Å². The zero-order valence-electron chi connectivity index (χ0n) is 18.0. The molecule has 0 saturated carbocycles. The molecule has 0 amide bonds. The molecule has 0 aromatic heterocycles. The van der Waals surface area contributed by atoms with Crippen LogP contribution in [0.4, 0.5) is 0 Å². The van der Waals surface area contributed by atoms with Crippen molar-refractivity contribution >= 4 is 22.8 Å². The average Bonchev–Trinajstić information content (AvgIpc) is 3.11. The molecule has 0 fully saturated rings. The van der Waals surface area contributed by atoms with Crippen LogP contribution in [0, 0.1) is 0 Å². The number of hydrogen-bond donors (Lipinski definition) is 1. The minimum atomic E-state index is -0.966. The molecule has 0 radical (unpaired) electrons. The number of hydrogen-bond acceptors (Lipinski definition) is 9. The molecule has 1 unspecified atom stereocenters. The van der Waals surface area contributed by atoms with Crippen LogP contribution < -0.4 is 4.74 Å². The minimum absolute atomic E-state index is 0.0829. The van der Waals surface area contributed by atoms with Gasteiger partial charge in [-0.2, -0.15) is 0 Å². The third kappa shape index (κ3) is 7.46. The van der Waals surface area contributed by atoms with Gasteiger partial charge in [-0.15, -0.1) is 11.8 Å². The molecule has 168 valence electrons. The van der Waals surface area contributed by atoms with E-state index in [1.165, 1.54) is 11.8 Å². The fourth-order valence-corrected chi connectivity index (χ4v) is 3.73. The summed E-state index contributed by atoms with van der Waals surface area (Å²) < 4.78 is 26.7. The lowest BCUT2D eigenvalue weighted by Gasteiger charge is -2.19. The van der Waals surface area contributed by atoms with Gasteiger partial charge in [0.2, 0.25) is 0 Å². The Morgan fingerprint density at radius 1 is 1.17 bits per heavy atom. The highest BCUT2D eigenvalue weighted by Crippen LogP contribution is 2.36. The molecule has 30 heavy (non-hydrogen) atoms. The third-order valence-corrected chi connectivity index (χ3v) is 5.41. The van der Waals surface area contributed by atoms with Crippen molar-refractivity contribution in [2.75, 3.05) is 52.5 Å². The smallest absolute Gasteiger partial charge is 0.334 e. The summed E-state index contributed by atoms with van der Waals surface area (Å²) in [7, 11) is 1.63. The first-order chi connectivity index (χ1) is 14.4. The molecule has 1 atom stereocenters. The summed E-state index contributed by atoms with van der Waals surface area (Å²) in [4.78, 5) is 16.9. The topological polar surface area (TPSA) is 95.8 Å². The van der Waals surface area contributed by atoms with E-state index in [2.05, 4.69) is 4.99 Å². The minimum Gasteiger partial charge on any atom is -0.507 e.